The van der Waals surface area contributed by atoms with Gasteiger partial charge in [-0.3, -0.25) is 0 Å². The zero-order valence-corrected chi connectivity index (χ0v) is 12.7. The summed E-state index contributed by atoms with van der Waals surface area (Å²) in [5.41, 5.74) is 8.37. The zero-order chi connectivity index (χ0) is 15.4. The first-order valence-corrected chi connectivity index (χ1v) is 7.36. The number of halogens is 1. The highest BCUT2D eigenvalue weighted by molar-refractivity contribution is 7.98. The normalized spacial score (nSPS) is 10.4. The van der Waals surface area contributed by atoms with E-state index in [1.165, 1.54) is 19.2 Å². The maximum Gasteiger partial charge on any atom is 0.340 e. The number of nitrogen functional groups attached to an aromatic ring is 1. The topological polar surface area (TPSA) is 52.3 Å². The molecule has 3 nitrogen and oxygen atoms in total. The first kappa shape index (κ1) is 15.4. The van der Waals surface area contributed by atoms with Crippen molar-refractivity contribution in [1.82, 2.24) is 0 Å². The Balaban J connectivity index is 2.12. The van der Waals surface area contributed by atoms with Crippen molar-refractivity contribution < 1.29 is 13.9 Å². The van der Waals surface area contributed by atoms with Gasteiger partial charge in [0.15, 0.2) is 0 Å². The molecule has 2 rings (SSSR count). The highest BCUT2D eigenvalue weighted by atomic mass is 32.2. The molecule has 0 saturated heterocycles. The van der Waals surface area contributed by atoms with Crippen LogP contribution in [-0.2, 0) is 10.5 Å². The van der Waals surface area contributed by atoms with Gasteiger partial charge in [-0.1, -0.05) is 12.1 Å². The van der Waals surface area contributed by atoms with Crippen LogP contribution in [-0.4, -0.2) is 13.1 Å². The second kappa shape index (κ2) is 6.63. The van der Waals surface area contributed by atoms with E-state index in [0.717, 1.165) is 21.7 Å². The molecule has 2 aromatic rings. The van der Waals surface area contributed by atoms with E-state index in [1.807, 2.05) is 25.1 Å². The van der Waals surface area contributed by atoms with Crippen LogP contribution in [0.15, 0.2) is 41.3 Å². The molecule has 5 heteroatoms. The van der Waals surface area contributed by atoms with Crippen molar-refractivity contribution in [1.29, 1.82) is 0 Å². The van der Waals surface area contributed by atoms with Gasteiger partial charge in [-0.05, 0) is 42.3 Å². The molecule has 2 aromatic carbocycles. The first-order chi connectivity index (χ1) is 10.0. The molecule has 0 aliphatic heterocycles. The average molecular weight is 305 g/mol. The molecule has 0 heterocycles. The minimum Gasteiger partial charge on any atom is -0.465 e. The Morgan fingerprint density at radius 2 is 2.10 bits per heavy atom. The fourth-order valence-corrected chi connectivity index (χ4v) is 2.88. The number of carbonyl (C=O) groups excluding carboxylic acids is 1. The van der Waals surface area contributed by atoms with E-state index < -0.39 is 11.8 Å². The van der Waals surface area contributed by atoms with Gasteiger partial charge in [-0.15, -0.1) is 11.8 Å². The van der Waals surface area contributed by atoms with E-state index in [-0.39, 0.29) is 5.56 Å². The Morgan fingerprint density at radius 1 is 1.33 bits per heavy atom. The van der Waals surface area contributed by atoms with Crippen LogP contribution < -0.4 is 5.73 Å². The molecular weight excluding hydrogens is 289 g/mol. The van der Waals surface area contributed by atoms with Crippen molar-refractivity contribution in [2.45, 2.75) is 17.6 Å². The van der Waals surface area contributed by atoms with E-state index in [4.69, 9.17) is 5.73 Å². The molecule has 0 aliphatic rings. The molecular formula is C16H16FNO2S. The number of hydrogen-bond donors (Lipinski definition) is 1. The number of esters is 1. The van der Waals surface area contributed by atoms with Crippen molar-refractivity contribution in [3.8, 4) is 0 Å². The summed E-state index contributed by atoms with van der Waals surface area (Å²) in [6.45, 7) is 1.96. The number of anilines is 1. The Bertz CT molecular complexity index is 673. The summed E-state index contributed by atoms with van der Waals surface area (Å²) in [6.07, 6.45) is 0. The predicted molar refractivity (Wildman–Crippen MR) is 82.9 cm³/mol. The molecule has 0 fully saturated rings. The summed E-state index contributed by atoms with van der Waals surface area (Å²) in [6, 6.07) is 10.3. The minimum atomic E-state index is -0.668. The number of hydrogen-bond acceptors (Lipinski definition) is 4. The Labute approximate surface area is 127 Å². The number of benzene rings is 2. The SMILES string of the molecule is COC(=O)c1ccc(CSc2cccc(N)c2C)cc1F. The maximum absolute atomic E-state index is 13.8. The lowest BCUT2D eigenvalue weighted by atomic mass is 10.1. The molecule has 0 atom stereocenters. The van der Waals surface area contributed by atoms with Crippen molar-refractivity contribution in [2.24, 2.45) is 0 Å². The molecule has 0 saturated carbocycles. The molecule has 0 unspecified atom stereocenters. The summed E-state index contributed by atoms with van der Waals surface area (Å²) in [5.74, 6) is -0.634. The van der Waals surface area contributed by atoms with Gasteiger partial charge >= 0.3 is 5.97 Å². The highest BCUT2D eigenvalue weighted by Gasteiger charge is 2.12. The van der Waals surface area contributed by atoms with E-state index in [9.17, 15) is 9.18 Å². The lowest BCUT2D eigenvalue weighted by Gasteiger charge is -2.08. The van der Waals surface area contributed by atoms with Crippen LogP contribution in [0, 0.1) is 12.7 Å². The molecule has 0 radical (unpaired) electrons. The number of ether oxygens (including phenoxy) is 1. The molecule has 2 N–H and O–H groups in total. The number of carbonyl (C=O) groups is 1. The van der Waals surface area contributed by atoms with Crippen molar-refractivity contribution in [3.05, 3.63) is 58.9 Å². The standard InChI is InChI=1S/C16H16FNO2S/c1-10-14(18)4-3-5-15(10)21-9-11-6-7-12(13(17)8-11)16(19)20-2/h3-8H,9,18H2,1-2H3. The van der Waals surface area contributed by atoms with E-state index >= 15 is 0 Å². The summed E-state index contributed by atoms with van der Waals surface area (Å²) in [4.78, 5) is 12.4. The largest absolute Gasteiger partial charge is 0.465 e. The summed E-state index contributed by atoms with van der Waals surface area (Å²) < 4.78 is 18.3. The minimum absolute atomic E-state index is 0.0496. The van der Waals surface area contributed by atoms with Crippen LogP contribution in [0.2, 0.25) is 0 Å². The molecule has 0 spiro atoms. The van der Waals surface area contributed by atoms with Crippen LogP contribution in [0.25, 0.3) is 0 Å². The van der Waals surface area contributed by atoms with Gasteiger partial charge in [0.05, 0.1) is 12.7 Å². The first-order valence-electron chi connectivity index (χ1n) is 6.37. The van der Waals surface area contributed by atoms with Gasteiger partial charge in [-0.25, -0.2) is 9.18 Å². The fourth-order valence-electron chi connectivity index (χ4n) is 1.87. The molecule has 0 aliphatic carbocycles. The van der Waals surface area contributed by atoms with Gasteiger partial charge in [-0.2, -0.15) is 0 Å². The van der Waals surface area contributed by atoms with Crippen LogP contribution in [0.1, 0.15) is 21.5 Å². The van der Waals surface area contributed by atoms with Crippen molar-refractivity contribution >= 4 is 23.4 Å². The molecule has 0 bridgehead atoms. The van der Waals surface area contributed by atoms with Gasteiger partial charge in [0.1, 0.15) is 5.82 Å². The zero-order valence-electron chi connectivity index (χ0n) is 11.9. The van der Waals surface area contributed by atoms with Gasteiger partial charge < -0.3 is 10.5 Å². The van der Waals surface area contributed by atoms with Crippen LogP contribution in [0.5, 0.6) is 0 Å². The van der Waals surface area contributed by atoms with Crippen LogP contribution in [0.3, 0.4) is 0 Å². The third kappa shape index (κ3) is 3.55. The van der Waals surface area contributed by atoms with Gasteiger partial charge in [0, 0.05) is 16.3 Å². The van der Waals surface area contributed by atoms with E-state index in [2.05, 4.69) is 4.74 Å². The highest BCUT2D eigenvalue weighted by Crippen LogP contribution is 2.29. The third-order valence-electron chi connectivity index (χ3n) is 3.16. The number of thioether (sulfide) groups is 1. The van der Waals surface area contributed by atoms with Crippen molar-refractivity contribution in [2.75, 3.05) is 12.8 Å². The number of rotatable bonds is 4. The summed E-state index contributed by atoms with van der Waals surface area (Å²) in [7, 11) is 1.23. The molecule has 0 aromatic heterocycles. The lowest BCUT2D eigenvalue weighted by molar-refractivity contribution is 0.0595. The average Bonchev–Trinajstić information content (AvgIpc) is 2.48. The monoisotopic (exact) mass is 305 g/mol. The second-order valence-corrected chi connectivity index (χ2v) is 5.58. The molecule has 0 amide bonds. The second-order valence-electron chi connectivity index (χ2n) is 4.56. The molecule has 21 heavy (non-hydrogen) atoms. The number of methoxy groups -OCH3 is 1. The quantitative estimate of drug-likeness (QED) is 0.530. The lowest BCUT2D eigenvalue weighted by Crippen LogP contribution is -2.04. The third-order valence-corrected chi connectivity index (χ3v) is 4.39. The Kier molecular flexibility index (Phi) is 4.85. The molecule has 110 valence electrons. The predicted octanol–water partition coefficient (Wildman–Crippen LogP) is 3.80. The fraction of sp³-hybridized carbons (Fsp3) is 0.188. The van der Waals surface area contributed by atoms with Gasteiger partial charge in [0.2, 0.25) is 0 Å². The van der Waals surface area contributed by atoms with Gasteiger partial charge in [0.25, 0.3) is 0 Å². The summed E-state index contributed by atoms with van der Waals surface area (Å²) >= 11 is 1.58. The Morgan fingerprint density at radius 3 is 2.76 bits per heavy atom. The smallest absolute Gasteiger partial charge is 0.340 e. The maximum atomic E-state index is 13.8. The van der Waals surface area contributed by atoms with E-state index in [1.54, 1.807) is 17.8 Å². The van der Waals surface area contributed by atoms with E-state index in [0.29, 0.717) is 5.75 Å². The van der Waals surface area contributed by atoms with Crippen molar-refractivity contribution in [3.63, 3.8) is 0 Å². The Hall–Kier alpha value is -2.01. The number of nitrogens with two attached hydrogens (primary N) is 1. The van der Waals surface area contributed by atoms with Crippen LogP contribution >= 0.6 is 11.8 Å². The van der Waals surface area contributed by atoms with Crippen LogP contribution in [0.4, 0.5) is 10.1 Å². The summed E-state index contributed by atoms with van der Waals surface area (Å²) in [5, 5.41) is 0.